The van der Waals surface area contributed by atoms with Gasteiger partial charge in [-0.3, -0.25) is 9.59 Å². The molecule has 5 heteroatoms. The molecule has 24 heavy (non-hydrogen) atoms. The van der Waals surface area contributed by atoms with Crippen LogP contribution in [0.15, 0.2) is 48.5 Å². The maximum Gasteiger partial charge on any atom is 0.220 e. The van der Waals surface area contributed by atoms with Gasteiger partial charge in [0.1, 0.15) is 0 Å². The van der Waals surface area contributed by atoms with Crippen molar-refractivity contribution in [1.82, 2.24) is 10.6 Å². The van der Waals surface area contributed by atoms with Gasteiger partial charge in [-0.25, -0.2) is 0 Å². The normalized spacial score (nSPS) is 12.2. The molecule has 2 aromatic rings. The van der Waals surface area contributed by atoms with Gasteiger partial charge < -0.3 is 10.6 Å². The molecular weight excluding hydrogens is 324 g/mol. The van der Waals surface area contributed by atoms with Crippen molar-refractivity contribution in [3.05, 3.63) is 70.8 Å². The average Bonchev–Trinajstić information content (AvgIpc) is 3.06. The predicted molar refractivity (Wildman–Crippen MR) is 96.1 cm³/mol. The second kappa shape index (κ2) is 8.62. The molecule has 0 radical (unpaired) electrons. The highest BCUT2D eigenvalue weighted by Crippen LogP contribution is 2.17. The van der Waals surface area contributed by atoms with E-state index in [0.29, 0.717) is 12.1 Å². The van der Waals surface area contributed by atoms with Crippen LogP contribution >= 0.6 is 12.4 Å². The smallest absolute Gasteiger partial charge is 0.220 e. The van der Waals surface area contributed by atoms with Crippen LogP contribution in [0.25, 0.3) is 0 Å². The highest BCUT2D eigenvalue weighted by Gasteiger charge is 2.11. The first-order valence-electron chi connectivity index (χ1n) is 7.89. The lowest BCUT2D eigenvalue weighted by atomic mass is 10.1. The number of hydrogen-bond donors (Lipinski definition) is 2. The average molecular weight is 345 g/mol. The van der Waals surface area contributed by atoms with Gasteiger partial charge in [0.2, 0.25) is 5.91 Å². The summed E-state index contributed by atoms with van der Waals surface area (Å²) in [7, 11) is 0. The molecule has 126 valence electrons. The molecule has 0 bridgehead atoms. The predicted octanol–water partition coefficient (Wildman–Crippen LogP) is 2.99. The van der Waals surface area contributed by atoms with E-state index < -0.39 is 0 Å². The van der Waals surface area contributed by atoms with Gasteiger partial charge in [0.15, 0.2) is 5.78 Å². The highest BCUT2D eigenvalue weighted by molar-refractivity contribution is 5.97. The van der Waals surface area contributed by atoms with Gasteiger partial charge in [0.05, 0.1) is 0 Å². The molecular formula is C19H21ClN2O2. The van der Waals surface area contributed by atoms with E-state index in [4.69, 9.17) is 0 Å². The maximum absolute atomic E-state index is 12.0. The lowest BCUT2D eigenvalue weighted by molar-refractivity contribution is -0.121. The van der Waals surface area contributed by atoms with Crippen LogP contribution < -0.4 is 10.6 Å². The number of ketones is 1. The molecule has 0 saturated heterocycles. The summed E-state index contributed by atoms with van der Waals surface area (Å²) < 4.78 is 0. The highest BCUT2D eigenvalue weighted by atomic mass is 35.5. The number of hydrogen-bond acceptors (Lipinski definition) is 3. The van der Waals surface area contributed by atoms with E-state index in [1.165, 1.54) is 11.1 Å². The van der Waals surface area contributed by atoms with Crippen LogP contribution in [-0.4, -0.2) is 11.7 Å². The van der Waals surface area contributed by atoms with E-state index in [-0.39, 0.29) is 36.9 Å². The lowest BCUT2D eigenvalue weighted by Gasteiger charge is -2.07. The summed E-state index contributed by atoms with van der Waals surface area (Å²) in [4.78, 5) is 23.9. The van der Waals surface area contributed by atoms with Crippen LogP contribution in [0, 0.1) is 0 Å². The molecule has 0 aliphatic carbocycles. The molecule has 0 unspecified atom stereocenters. The Bertz CT molecular complexity index is 717. The van der Waals surface area contributed by atoms with E-state index in [1.807, 2.05) is 24.3 Å². The van der Waals surface area contributed by atoms with Crippen LogP contribution in [0.4, 0.5) is 0 Å². The van der Waals surface area contributed by atoms with Gasteiger partial charge in [0, 0.05) is 38.0 Å². The number of carbonyl (C=O) groups excluding carboxylic acids is 2. The first-order chi connectivity index (χ1) is 11.2. The fourth-order valence-corrected chi connectivity index (χ4v) is 2.74. The number of halogens is 1. The zero-order valence-electron chi connectivity index (χ0n) is 13.4. The van der Waals surface area contributed by atoms with Crippen molar-refractivity contribution in [2.75, 3.05) is 0 Å². The fraction of sp³-hybridized carbons (Fsp3) is 0.263. The van der Waals surface area contributed by atoms with Gasteiger partial charge in [-0.15, -0.1) is 12.4 Å². The van der Waals surface area contributed by atoms with E-state index in [0.717, 1.165) is 18.7 Å². The zero-order chi connectivity index (χ0) is 16.1. The van der Waals surface area contributed by atoms with Crippen LogP contribution in [0.3, 0.4) is 0 Å². The third-order valence-corrected chi connectivity index (χ3v) is 4.07. The van der Waals surface area contributed by atoms with Gasteiger partial charge in [-0.05, 0) is 16.7 Å². The Labute approximate surface area is 148 Å². The SMILES string of the molecule is Cl.O=C(CCC(=O)c1ccccc1)NCc1ccc2c(c1)CNC2. The minimum atomic E-state index is -0.0899. The number of Topliss-reactive ketones (excluding diaryl/α,β-unsaturated/α-hetero) is 1. The second-order valence-corrected chi connectivity index (χ2v) is 5.77. The quantitative estimate of drug-likeness (QED) is 0.792. The molecule has 0 atom stereocenters. The Balaban J connectivity index is 0.00000208. The molecule has 1 aliphatic rings. The van der Waals surface area contributed by atoms with Crippen LogP contribution in [0.2, 0.25) is 0 Å². The van der Waals surface area contributed by atoms with Gasteiger partial charge >= 0.3 is 0 Å². The molecule has 0 spiro atoms. The standard InChI is InChI=1S/C19H20N2O2.ClH/c22-18(15-4-2-1-3-5-15)8-9-19(23)21-11-14-6-7-16-12-20-13-17(16)10-14;/h1-7,10,20H,8-9,11-13H2,(H,21,23);1H. The third-order valence-electron chi connectivity index (χ3n) is 4.07. The topological polar surface area (TPSA) is 58.2 Å². The molecule has 0 fully saturated rings. The molecule has 2 aromatic carbocycles. The number of nitrogens with one attached hydrogen (secondary N) is 2. The zero-order valence-corrected chi connectivity index (χ0v) is 14.2. The van der Waals surface area contributed by atoms with Crippen LogP contribution in [-0.2, 0) is 24.4 Å². The van der Waals surface area contributed by atoms with Crippen molar-refractivity contribution >= 4 is 24.1 Å². The monoisotopic (exact) mass is 344 g/mol. The molecule has 3 rings (SSSR count). The molecule has 1 heterocycles. The second-order valence-electron chi connectivity index (χ2n) is 5.77. The Morgan fingerprint density at radius 1 is 0.958 bits per heavy atom. The molecule has 0 saturated carbocycles. The summed E-state index contributed by atoms with van der Waals surface area (Å²) in [5.74, 6) is -0.0859. The van der Waals surface area contributed by atoms with Crippen molar-refractivity contribution in [3.8, 4) is 0 Å². The van der Waals surface area contributed by atoms with E-state index in [1.54, 1.807) is 12.1 Å². The summed E-state index contributed by atoms with van der Waals surface area (Å²) >= 11 is 0. The number of carbonyl (C=O) groups is 2. The number of amides is 1. The Morgan fingerprint density at radius 3 is 2.50 bits per heavy atom. The van der Waals surface area contributed by atoms with Gasteiger partial charge in [-0.2, -0.15) is 0 Å². The number of benzene rings is 2. The van der Waals surface area contributed by atoms with Crippen molar-refractivity contribution in [2.24, 2.45) is 0 Å². The first kappa shape index (κ1) is 18.2. The number of rotatable bonds is 6. The van der Waals surface area contributed by atoms with E-state index >= 15 is 0 Å². The summed E-state index contributed by atoms with van der Waals surface area (Å²) in [5, 5.41) is 6.19. The van der Waals surface area contributed by atoms with E-state index in [9.17, 15) is 9.59 Å². The molecule has 2 N–H and O–H groups in total. The van der Waals surface area contributed by atoms with Crippen LogP contribution in [0.5, 0.6) is 0 Å². The summed E-state index contributed by atoms with van der Waals surface area (Å²) in [6.45, 7) is 2.32. The van der Waals surface area contributed by atoms with Crippen molar-refractivity contribution in [2.45, 2.75) is 32.5 Å². The van der Waals surface area contributed by atoms with E-state index in [2.05, 4.69) is 22.8 Å². The molecule has 0 aromatic heterocycles. The first-order valence-corrected chi connectivity index (χ1v) is 7.89. The summed E-state index contributed by atoms with van der Waals surface area (Å²) in [6, 6.07) is 15.4. The Morgan fingerprint density at radius 2 is 1.71 bits per heavy atom. The third kappa shape index (κ3) is 4.66. The molecule has 1 aliphatic heterocycles. The number of fused-ring (bicyclic) bond motifs is 1. The molecule has 4 nitrogen and oxygen atoms in total. The van der Waals surface area contributed by atoms with Gasteiger partial charge in [-0.1, -0.05) is 48.5 Å². The van der Waals surface area contributed by atoms with Crippen molar-refractivity contribution < 1.29 is 9.59 Å². The summed E-state index contributed by atoms with van der Waals surface area (Å²) in [5.41, 5.74) is 4.38. The summed E-state index contributed by atoms with van der Waals surface area (Å²) in [6.07, 6.45) is 0.462. The minimum Gasteiger partial charge on any atom is -0.352 e. The fourth-order valence-electron chi connectivity index (χ4n) is 2.74. The Hall–Kier alpha value is -2.17. The largest absolute Gasteiger partial charge is 0.352 e. The van der Waals surface area contributed by atoms with Crippen molar-refractivity contribution in [1.29, 1.82) is 0 Å². The molecule has 1 amide bonds. The van der Waals surface area contributed by atoms with Crippen LogP contribution in [0.1, 0.15) is 39.9 Å². The van der Waals surface area contributed by atoms with Crippen molar-refractivity contribution in [3.63, 3.8) is 0 Å². The Kier molecular flexibility index (Phi) is 6.53. The lowest BCUT2D eigenvalue weighted by Crippen LogP contribution is -2.23. The van der Waals surface area contributed by atoms with Gasteiger partial charge in [0.25, 0.3) is 0 Å². The minimum absolute atomic E-state index is 0. The maximum atomic E-state index is 12.0.